The summed E-state index contributed by atoms with van der Waals surface area (Å²) in [5.41, 5.74) is 3.43. The highest BCUT2D eigenvalue weighted by Crippen LogP contribution is 2.23. The largest absolute Gasteiger partial charge is 0.370 e. The Morgan fingerprint density at radius 2 is 1.90 bits per heavy atom. The van der Waals surface area contributed by atoms with Crippen LogP contribution in [0.1, 0.15) is 28.0 Å². The normalized spacial score (nSPS) is 18.5. The summed E-state index contributed by atoms with van der Waals surface area (Å²) in [6, 6.07) is 10.2. The van der Waals surface area contributed by atoms with Crippen LogP contribution in [0.25, 0.3) is 0 Å². The standard InChI is InChI=1S/C23H29N7O/c1-27-7-2-8-29(12-9-27)21-4-3-19(16-24)20(15-21)17-28-10-13-30(14-11-28)23(31)22-5-6-25-18-26-22/h3-6,15,18H,2,7-14,17H2,1H3. The zero-order valence-electron chi connectivity index (χ0n) is 18.1. The molecule has 8 heteroatoms. The lowest BCUT2D eigenvalue weighted by Gasteiger charge is -2.35. The van der Waals surface area contributed by atoms with Gasteiger partial charge in [-0.1, -0.05) is 0 Å². The second-order valence-corrected chi connectivity index (χ2v) is 8.26. The van der Waals surface area contributed by atoms with E-state index in [1.807, 2.05) is 11.0 Å². The predicted octanol–water partition coefficient (Wildman–Crippen LogP) is 1.45. The van der Waals surface area contributed by atoms with E-state index in [0.29, 0.717) is 18.8 Å². The van der Waals surface area contributed by atoms with Gasteiger partial charge in [-0.3, -0.25) is 9.69 Å². The molecule has 0 radical (unpaired) electrons. The van der Waals surface area contributed by atoms with Crippen molar-refractivity contribution < 1.29 is 4.79 Å². The molecule has 2 fully saturated rings. The number of hydrogen-bond acceptors (Lipinski definition) is 7. The molecule has 0 unspecified atom stereocenters. The molecule has 0 atom stereocenters. The van der Waals surface area contributed by atoms with Crippen LogP contribution in [0.3, 0.4) is 0 Å². The first-order valence-electron chi connectivity index (χ1n) is 10.9. The van der Waals surface area contributed by atoms with Gasteiger partial charge in [0.1, 0.15) is 12.0 Å². The van der Waals surface area contributed by atoms with Crippen molar-refractivity contribution in [3.8, 4) is 6.07 Å². The van der Waals surface area contributed by atoms with E-state index >= 15 is 0 Å². The quantitative estimate of drug-likeness (QED) is 0.742. The van der Waals surface area contributed by atoms with Crippen molar-refractivity contribution in [2.75, 3.05) is 64.3 Å². The van der Waals surface area contributed by atoms with Crippen LogP contribution < -0.4 is 4.90 Å². The first-order chi connectivity index (χ1) is 15.1. The second kappa shape index (κ2) is 9.86. The lowest BCUT2D eigenvalue weighted by atomic mass is 10.1. The summed E-state index contributed by atoms with van der Waals surface area (Å²) in [5, 5.41) is 9.62. The Morgan fingerprint density at radius 3 is 2.65 bits per heavy atom. The molecule has 2 aliphatic heterocycles. The molecule has 2 saturated heterocycles. The summed E-state index contributed by atoms with van der Waals surface area (Å²) < 4.78 is 0. The number of piperazine rings is 1. The minimum Gasteiger partial charge on any atom is -0.370 e. The Hall–Kier alpha value is -3.02. The lowest BCUT2D eigenvalue weighted by Crippen LogP contribution is -2.48. The number of likely N-dealkylation sites (N-methyl/N-ethyl adjacent to an activating group) is 1. The van der Waals surface area contributed by atoms with Crippen LogP contribution in [0.4, 0.5) is 5.69 Å². The van der Waals surface area contributed by atoms with Gasteiger partial charge in [-0.05, 0) is 49.8 Å². The summed E-state index contributed by atoms with van der Waals surface area (Å²) in [6.45, 7) is 7.81. The first kappa shape index (κ1) is 21.2. The van der Waals surface area contributed by atoms with Crippen LogP contribution in [0, 0.1) is 11.3 Å². The molecule has 1 aromatic carbocycles. The minimum absolute atomic E-state index is 0.0482. The maximum absolute atomic E-state index is 12.6. The third kappa shape index (κ3) is 5.19. The number of nitriles is 1. The molecule has 1 amide bonds. The van der Waals surface area contributed by atoms with E-state index in [0.717, 1.165) is 63.4 Å². The van der Waals surface area contributed by atoms with E-state index in [-0.39, 0.29) is 5.91 Å². The summed E-state index contributed by atoms with van der Waals surface area (Å²) in [5.74, 6) is -0.0482. The highest BCUT2D eigenvalue weighted by atomic mass is 16.2. The van der Waals surface area contributed by atoms with Gasteiger partial charge < -0.3 is 14.7 Å². The fraction of sp³-hybridized carbons (Fsp3) is 0.478. The van der Waals surface area contributed by atoms with Gasteiger partial charge in [0, 0.05) is 64.2 Å². The fourth-order valence-corrected chi connectivity index (χ4v) is 4.25. The Kier molecular flexibility index (Phi) is 6.75. The molecule has 0 saturated carbocycles. The number of carbonyl (C=O) groups excluding carboxylic acids is 1. The maximum atomic E-state index is 12.6. The van der Waals surface area contributed by atoms with Crippen molar-refractivity contribution in [2.45, 2.75) is 13.0 Å². The smallest absolute Gasteiger partial charge is 0.272 e. The number of rotatable bonds is 4. The highest BCUT2D eigenvalue weighted by Gasteiger charge is 2.24. The lowest BCUT2D eigenvalue weighted by molar-refractivity contribution is 0.0622. The molecule has 0 aliphatic carbocycles. The number of benzene rings is 1. The molecule has 0 N–H and O–H groups in total. The SMILES string of the molecule is CN1CCCN(c2ccc(C#N)c(CN3CCN(C(=O)c4ccncn4)CC3)c2)CC1. The molecule has 4 rings (SSSR count). The van der Waals surface area contributed by atoms with E-state index in [1.54, 1.807) is 12.3 Å². The molecule has 31 heavy (non-hydrogen) atoms. The maximum Gasteiger partial charge on any atom is 0.272 e. The van der Waals surface area contributed by atoms with Gasteiger partial charge in [-0.25, -0.2) is 9.97 Å². The second-order valence-electron chi connectivity index (χ2n) is 8.26. The Labute approximate surface area is 183 Å². The molecule has 8 nitrogen and oxygen atoms in total. The van der Waals surface area contributed by atoms with Gasteiger partial charge >= 0.3 is 0 Å². The number of anilines is 1. The van der Waals surface area contributed by atoms with Crippen molar-refractivity contribution >= 4 is 11.6 Å². The van der Waals surface area contributed by atoms with E-state index in [9.17, 15) is 10.1 Å². The molecular weight excluding hydrogens is 390 g/mol. The average Bonchev–Trinajstić information content (AvgIpc) is 3.04. The first-order valence-corrected chi connectivity index (χ1v) is 10.9. The minimum atomic E-state index is -0.0482. The topological polar surface area (TPSA) is 79.6 Å². The number of nitrogens with zero attached hydrogens (tertiary/aromatic N) is 7. The molecule has 2 aromatic rings. The average molecular weight is 420 g/mol. The summed E-state index contributed by atoms with van der Waals surface area (Å²) in [7, 11) is 2.17. The van der Waals surface area contributed by atoms with Gasteiger partial charge in [0.05, 0.1) is 11.6 Å². The fourth-order valence-electron chi connectivity index (χ4n) is 4.25. The summed E-state index contributed by atoms with van der Waals surface area (Å²) >= 11 is 0. The van der Waals surface area contributed by atoms with E-state index in [2.05, 4.69) is 49.9 Å². The zero-order valence-corrected chi connectivity index (χ0v) is 18.1. The zero-order chi connectivity index (χ0) is 21.6. The number of aromatic nitrogens is 2. The van der Waals surface area contributed by atoms with Crippen LogP contribution in [-0.4, -0.2) is 90.0 Å². The molecule has 162 valence electrons. The van der Waals surface area contributed by atoms with Gasteiger partial charge in [0.15, 0.2) is 0 Å². The Bertz CT molecular complexity index is 935. The Morgan fingerprint density at radius 1 is 1.06 bits per heavy atom. The third-order valence-corrected chi connectivity index (χ3v) is 6.15. The molecule has 0 bridgehead atoms. The van der Waals surface area contributed by atoms with E-state index in [1.165, 1.54) is 12.0 Å². The van der Waals surface area contributed by atoms with E-state index in [4.69, 9.17) is 0 Å². The van der Waals surface area contributed by atoms with Gasteiger partial charge in [0.2, 0.25) is 0 Å². The van der Waals surface area contributed by atoms with Gasteiger partial charge in [-0.2, -0.15) is 5.26 Å². The van der Waals surface area contributed by atoms with Crippen LogP contribution in [0.5, 0.6) is 0 Å². The van der Waals surface area contributed by atoms with Crippen molar-refractivity contribution in [2.24, 2.45) is 0 Å². The molecular formula is C23H29N7O. The molecule has 2 aliphatic rings. The molecule has 0 spiro atoms. The van der Waals surface area contributed by atoms with Crippen LogP contribution in [0.15, 0.2) is 36.8 Å². The van der Waals surface area contributed by atoms with Gasteiger partial charge in [0.25, 0.3) is 5.91 Å². The van der Waals surface area contributed by atoms with Crippen molar-refractivity contribution in [3.05, 3.63) is 53.6 Å². The van der Waals surface area contributed by atoms with Gasteiger partial charge in [-0.15, -0.1) is 0 Å². The Balaban J connectivity index is 1.40. The van der Waals surface area contributed by atoms with Crippen LogP contribution >= 0.6 is 0 Å². The number of amides is 1. The van der Waals surface area contributed by atoms with Crippen LogP contribution in [0.2, 0.25) is 0 Å². The third-order valence-electron chi connectivity index (χ3n) is 6.15. The van der Waals surface area contributed by atoms with Crippen molar-refractivity contribution in [1.82, 2.24) is 24.7 Å². The van der Waals surface area contributed by atoms with Crippen molar-refractivity contribution in [3.63, 3.8) is 0 Å². The van der Waals surface area contributed by atoms with Crippen molar-refractivity contribution in [1.29, 1.82) is 5.26 Å². The molecule has 1 aromatic heterocycles. The highest BCUT2D eigenvalue weighted by molar-refractivity contribution is 5.92. The number of carbonyl (C=O) groups is 1. The predicted molar refractivity (Wildman–Crippen MR) is 119 cm³/mol. The van der Waals surface area contributed by atoms with E-state index < -0.39 is 0 Å². The number of hydrogen-bond donors (Lipinski definition) is 0. The monoisotopic (exact) mass is 419 g/mol. The van der Waals surface area contributed by atoms with Crippen LogP contribution in [-0.2, 0) is 6.54 Å². The molecule has 3 heterocycles. The summed E-state index contributed by atoms with van der Waals surface area (Å²) in [6.07, 6.45) is 4.14. The summed E-state index contributed by atoms with van der Waals surface area (Å²) in [4.78, 5) is 29.5.